The van der Waals surface area contributed by atoms with Crippen molar-refractivity contribution in [2.45, 2.75) is 39.0 Å². The third-order valence-corrected chi connectivity index (χ3v) is 4.56. The van der Waals surface area contributed by atoms with E-state index in [0.29, 0.717) is 5.89 Å². The minimum atomic E-state index is 0.268. The number of nitrogens with zero attached hydrogens (tertiary/aromatic N) is 7. The number of piperidine rings is 1. The summed E-state index contributed by atoms with van der Waals surface area (Å²) in [5.41, 5.74) is 0.868. The van der Waals surface area contributed by atoms with E-state index in [4.69, 9.17) is 4.52 Å². The van der Waals surface area contributed by atoms with E-state index >= 15 is 0 Å². The predicted molar refractivity (Wildman–Crippen MR) is 88.9 cm³/mol. The molecule has 0 amide bonds. The molecule has 0 radical (unpaired) electrons. The van der Waals surface area contributed by atoms with Crippen molar-refractivity contribution in [1.82, 2.24) is 29.9 Å². The average molecular weight is 327 g/mol. The second kappa shape index (κ2) is 5.85. The molecule has 4 rings (SSSR count). The van der Waals surface area contributed by atoms with Gasteiger partial charge in [0.25, 0.3) is 0 Å². The molecule has 0 spiro atoms. The maximum absolute atomic E-state index is 5.28. The minimum absolute atomic E-state index is 0.268. The molecule has 0 bridgehead atoms. The van der Waals surface area contributed by atoms with Crippen LogP contribution in [0.5, 0.6) is 0 Å². The Bertz CT molecular complexity index is 869. The Kier molecular flexibility index (Phi) is 3.66. The zero-order valence-electron chi connectivity index (χ0n) is 14.2. The smallest absolute Gasteiger partial charge is 0.226 e. The van der Waals surface area contributed by atoms with Gasteiger partial charge in [-0.25, -0.2) is 9.97 Å². The maximum Gasteiger partial charge on any atom is 0.226 e. The van der Waals surface area contributed by atoms with Crippen LogP contribution in [0.25, 0.3) is 11.0 Å². The lowest BCUT2D eigenvalue weighted by molar-refractivity contribution is 0.368. The highest BCUT2D eigenvalue weighted by Gasteiger charge is 2.27. The van der Waals surface area contributed by atoms with Gasteiger partial charge in [-0.05, 0) is 19.8 Å². The molecule has 8 heteroatoms. The van der Waals surface area contributed by atoms with Crippen molar-refractivity contribution in [2.24, 2.45) is 7.05 Å². The molecule has 1 aliphatic heterocycles. The lowest BCUT2D eigenvalue weighted by atomic mass is 9.97. The van der Waals surface area contributed by atoms with Gasteiger partial charge in [0.1, 0.15) is 11.6 Å². The summed E-state index contributed by atoms with van der Waals surface area (Å²) in [6.45, 7) is 5.75. The van der Waals surface area contributed by atoms with Crippen molar-refractivity contribution in [1.29, 1.82) is 0 Å². The number of fused-ring (bicyclic) bond motifs is 1. The summed E-state index contributed by atoms with van der Waals surface area (Å²) >= 11 is 0. The summed E-state index contributed by atoms with van der Waals surface area (Å²) < 4.78 is 7.08. The summed E-state index contributed by atoms with van der Waals surface area (Å²) in [6, 6.07) is 0. The summed E-state index contributed by atoms with van der Waals surface area (Å²) in [5, 5.41) is 9.48. The molecule has 0 aromatic carbocycles. The lowest BCUT2D eigenvalue weighted by Crippen LogP contribution is -2.35. The van der Waals surface area contributed by atoms with Crippen LogP contribution in [0.2, 0.25) is 0 Å². The number of aromatic nitrogens is 6. The van der Waals surface area contributed by atoms with E-state index in [1.165, 1.54) is 0 Å². The van der Waals surface area contributed by atoms with E-state index in [1.807, 2.05) is 27.1 Å². The fraction of sp³-hybridized carbons (Fsp3) is 0.562. The Morgan fingerprint density at radius 2 is 2.17 bits per heavy atom. The molecule has 1 fully saturated rings. The Hall–Kier alpha value is -2.51. The molecule has 0 aliphatic carbocycles. The molecule has 4 heterocycles. The van der Waals surface area contributed by atoms with Crippen LogP contribution in [0.1, 0.15) is 43.2 Å². The first-order valence-corrected chi connectivity index (χ1v) is 8.39. The van der Waals surface area contributed by atoms with E-state index in [0.717, 1.165) is 60.9 Å². The van der Waals surface area contributed by atoms with Crippen LogP contribution >= 0.6 is 0 Å². The normalized spacial score (nSPS) is 18.5. The molecular weight excluding hydrogens is 306 g/mol. The van der Waals surface area contributed by atoms with Gasteiger partial charge < -0.3 is 9.42 Å². The molecule has 126 valence electrons. The van der Waals surface area contributed by atoms with Crippen molar-refractivity contribution in [3.05, 3.63) is 23.7 Å². The fourth-order valence-corrected chi connectivity index (χ4v) is 3.31. The van der Waals surface area contributed by atoms with Gasteiger partial charge in [-0.2, -0.15) is 10.1 Å². The molecule has 0 saturated carbocycles. The largest absolute Gasteiger partial charge is 0.355 e. The lowest BCUT2D eigenvalue weighted by Gasteiger charge is -2.32. The average Bonchev–Trinajstić information content (AvgIpc) is 3.22. The van der Waals surface area contributed by atoms with Crippen molar-refractivity contribution >= 4 is 16.9 Å². The third kappa shape index (κ3) is 2.51. The highest BCUT2D eigenvalue weighted by molar-refractivity contribution is 5.87. The van der Waals surface area contributed by atoms with E-state index in [9.17, 15) is 0 Å². The molecule has 0 N–H and O–H groups in total. The minimum Gasteiger partial charge on any atom is -0.355 e. The standard InChI is InChI=1S/C16H21N7O/c1-4-13-20-14(21-24-13)11-6-5-7-23(9-11)16-12-8-17-22(3)15(12)18-10(2)19-16/h8,11H,4-7,9H2,1-3H3/t11-/m0/s1. The fourth-order valence-electron chi connectivity index (χ4n) is 3.31. The van der Waals surface area contributed by atoms with Crippen LogP contribution in [-0.4, -0.2) is 43.0 Å². The van der Waals surface area contributed by atoms with Gasteiger partial charge in [-0.3, -0.25) is 4.68 Å². The van der Waals surface area contributed by atoms with Gasteiger partial charge in [0.15, 0.2) is 11.5 Å². The molecule has 0 unspecified atom stereocenters. The zero-order valence-corrected chi connectivity index (χ0v) is 14.2. The van der Waals surface area contributed by atoms with Gasteiger partial charge in [-0.15, -0.1) is 0 Å². The summed E-state index contributed by atoms with van der Waals surface area (Å²) in [5.74, 6) is 3.50. The number of hydrogen-bond acceptors (Lipinski definition) is 7. The van der Waals surface area contributed by atoms with E-state index < -0.39 is 0 Å². The first kappa shape index (κ1) is 15.0. The molecule has 3 aromatic heterocycles. The zero-order chi connectivity index (χ0) is 16.7. The van der Waals surface area contributed by atoms with Crippen LogP contribution in [0.3, 0.4) is 0 Å². The maximum atomic E-state index is 5.28. The number of anilines is 1. The third-order valence-electron chi connectivity index (χ3n) is 4.56. The Morgan fingerprint density at radius 3 is 2.96 bits per heavy atom. The molecule has 8 nitrogen and oxygen atoms in total. The van der Waals surface area contributed by atoms with Gasteiger partial charge in [-0.1, -0.05) is 12.1 Å². The van der Waals surface area contributed by atoms with E-state index in [2.05, 4.69) is 30.1 Å². The summed E-state index contributed by atoms with van der Waals surface area (Å²) in [7, 11) is 1.91. The molecule has 3 aromatic rings. The van der Waals surface area contributed by atoms with Crippen LogP contribution in [0.15, 0.2) is 10.7 Å². The van der Waals surface area contributed by atoms with Crippen LogP contribution in [-0.2, 0) is 13.5 Å². The van der Waals surface area contributed by atoms with Crippen molar-refractivity contribution in [3.8, 4) is 0 Å². The Labute approximate surface area is 139 Å². The number of rotatable bonds is 3. The van der Waals surface area contributed by atoms with Gasteiger partial charge >= 0.3 is 0 Å². The van der Waals surface area contributed by atoms with Gasteiger partial charge in [0.2, 0.25) is 5.89 Å². The number of hydrogen-bond donors (Lipinski definition) is 0. The number of aryl methyl sites for hydroxylation is 3. The first-order chi connectivity index (χ1) is 11.7. The van der Waals surface area contributed by atoms with Gasteiger partial charge in [0.05, 0.1) is 11.6 Å². The van der Waals surface area contributed by atoms with Crippen LogP contribution < -0.4 is 4.90 Å². The predicted octanol–water partition coefficient (Wildman–Crippen LogP) is 2.00. The topological polar surface area (TPSA) is 85.8 Å². The molecule has 1 aliphatic rings. The highest BCUT2D eigenvalue weighted by atomic mass is 16.5. The molecule has 1 atom stereocenters. The molecule has 24 heavy (non-hydrogen) atoms. The van der Waals surface area contributed by atoms with Crippen molar-refractivity contribution in [2.75, 3.05) is 18.0 Å². The quantitative estimate of drug-likeness (QED) is 0.727. The van der Waals surface area contributed by atoms with Crippen LogP contribution in [0, 0.1) is 6.92 Å². The second-order valence-corrected chi connectivity index (χ2v) is 6.28. The SMILES string of the molecule is CCc1nc([C@H]2CCCN(c3nc(C)nc4c3cnn4C)C2)no1. The Balaban J connectivity index is 1.67. The van der Waals surface area contributed by atoms with Crippen molar-refractivity contribution in [3.63, 3.8) is 0 Å². The van der Waals surface area contributed by atoms with Crippen LogP contribution in [0.4, 0.5) is 5.82 Å². The monoisotopic (exact) mass is 327 g/mol. The van der Waals surface area contributed by atoms with E-state index in [-0.39, 0.29) is 5.92 Å². The first-order valence-electron chi connectivity index (χ1n) is 8.39. The molecular formula is C16H21N7O. The molecule has 1 saturated heterocycles. The highest BCUT2D eigenvalue weighted by Crippen LogP contribution is 2.31. The summed E-state index contributed by atoms with van der Waals surface area (Å²) in [6.07, 6.45) is 4.76. The second-order valence-electron chi connectivity index (χ2n) is 6.28. The van der Waals surface area contributed by atoms with Crippen molar-refractivity contribution < 1.29 is 4.52 Å². The Morgan fingerprint density at radius 1 is 1.29 bits per heavy atom. The summed E-state index contributed by atoms with van der Waals surface area (Å²) in [4.78, 5) is 16.0. The van der Waals surface area contributed by atoms with Gasteiger partial charge in [0, 0.05) is 32.5 Å². The van der Waals surface area contributed by atoms with E-state index in [1.54, 1.807) is 4.68 Å².